The quantitative estimate of drug-likeness (QED) is 0.547. The first-order chi connectivity index (χ1) is 12.5. The summed E-state index contributed by atoms with van der Waals surface area (Å²) in [4.78, 5) is 32.4. The molecule has 132 valence electrons. The molecule has 0 unspecified atom stereocenters. The van der Waals surface area contributed by atoms with Crippen LogP contribution in [0.2, 0.25) is 0 Å². The number of nitro benzene ring substituents is 1. The largest absolute Gasteiger partial charge is 0.347 e. The van der Waals surface area contributed by atoms with Crippen molar-refractivity contribution in [1.29, 1.82) is 0 Å². The molecule has 8 heteroatoms. The maximum atomic E-state index is 12.3. The van der Waals surface area contributed by atoms with Crippen molar-refractivity contribution in [2.45, 2.75) is 20.4 Å². The molecule has 0 aliphatic rings. The van der Waals surface area contributed by atoms with E-state index >= 15 is 0 Å². The first-order valence-electron chi connectivity index (χ1n) is 7.85. The van der Waals surface area contributed by atoms with Crippen LogP contribution in [-0.4, -0.2) is 20.8 Å². The van der Waals surface area contributed by atoms with Crippen LogP contribution in [0.5, 0.6) is 0 Å². The summed E-state index contributed by atoms with van der Waals surface area (Å²) in [7, 11) is 0. The molecule has 0 saturated heterocycles. The van der Waals surface area contributed by atoms with E-state index in [1.165, 1.54) is 17.4 Å². The number of rotatable bonds is 5. The number of carbonyl (C=O) groups is 1. The summed E-state index contributed by atoms with van der Waals surface area (Å²) < 4.78 is 0. The highest BCUT2D eigenvalue weighted by Crippen LogP contribution is 2.27. The number of aromatic nitrogens is 2. The number of aryl methyl sites for hydroxylation is 2. The van der Waals surface area contributed by atoms with Crippen LogP contribution in [0, 0.1) is 24.0 Å². The number of thiazole rings is 1. The van der Waals surface area contributed by atoms with Gasteiger partial charge in [0, 0.05) is 40.0 Å². The standard InChI is InChI=1S/C18H16N4O3S/c1-11-5-6-13(8-15(11)22(24)25)17(23)20-10-16-12(2)21-18(26-16)14-4-3-7-19-9-14/h3-9H,10H2,1-2H3,(H,20,23). The van der Waals surface area contributed by atoms with Gasteiger partial charge in [-0.1, -0.05) is 6.07 Å². The molecule has 1 aromatic carbocycles. The Morgan fingerprint density at radius 1 is 1.31 bits per heavy atom. The lowest BCUT2D eigenvalue weighted by atomic mass is 10.1. The lowest BCUT2D eigenvalue weighted by molar-refractivity contribution is -0.385. The molecule has 0 aliphatic carbocycles. The number of benzene rings is 1. The van der Waals surface area contributed by atoms with Gasteiger partial charge in [-0.3, -0.25) is 19.9 Å². The Labute approximate surface area is 153 Å². The molecule has 0 spiro atoms. The molecule has 0 fully saturated rings. The van der Waals surface area contributed by atoms with Crippen molar-refractivity contribution in [2.24, 2.45) is 0 Å². The van der Waals surface area contributed by atoms with E-state index in [-0.39, 0.29) is 17.2 Å². The van der Waals surface area contributed by atoms with E-state index in [2.05, 4.69) is 15.3 Å². The Morgan fingerprint density at radius 2 is 2.12 bits per heavy atom. The van der Waals surface area contributed by atoms with Crippen LogP contribution in [0.1, 0.15) is 26.5 Å². The molecule has 2 heterocycles. The molecule has 1 amide bonds. The van der Waals surface area contributed by atoms with Gasteiger partial charge >= 0.3 is 0 Å². The van der Waals surface area contributed by atoms with E-state index < -0.39 is 4.92 Å². The summed E-state index contributed by atoms with van der Waals surface area (Å²) in [5, 5.41) is 14.7. The lowest BCUT2D eigenvalue weighted by Crippen LogP contribution is -2.22. The van der Waals surface area contributed by atoms with Gasteiger partial charge < -0.3 is 5.32 Å². The highest BCUT2D eigenvalue weighted by Gasteiger charge is 2.16. The Kier molecular flexibility index (Phi) is 5.04. The molecule has 3 rings (SSSR count). The first-order valence-corrected chi connectivity index (χ1v) is 8.67. The van der Waals surface area contributed by atoms with Gasteiger partial charge in [-0.15, -0.1) is 11.3 Å². The van der Waals surface area contributed by atoms with Crippen molar-refractivity contribution >= 4 is 22.9 Å². The molecule has 7 nitrogen and oxygen atoms in total. The summed E-state index contributed by atoms with van der Waals surface area (Å²) >= 11 is 1.49. The summed E-state index contributed by atoms with van der Waals surface area (Å²) in [6.07, 6.45) is 3.44. The van der Waals surface area contributed by atoms with Crippen LogP contribution in [-0.2, 0) is 6.54 Å². The molecule has 0 bridgehead atoms. The van der Waals surface area contributed by atoms with Crippen LogP contribution in [0.4, 0.5) is 5.69 Å². The zero-order valence-electron chi connectivity index (χ0n) is 14.2. The van der Waals surface area contributed by atoms with E-state index in [0.29, 0.717) is 12.1 Å². The third kappa shape index (κ3) is 3.75. The van der Waals surface area contributed by atoms with Gasteiger partial charge in [0.15, 0.2) is 0 Å². The van der Waals surface area contributed by atoms with Gasteiger partial charge in [0.25, 0.3) is 11.6 Å². The smallest absolute Gasteiger partial charge is 0.273 e. The number of nitro groups is 1. The molecule has 0 saturated carbocycles. The fraction of sp³-hybridized carbons (Fsp3) is 0.167. The molecule has 0 atom stereocenters. The minimum atomic E-state index is -0.486. The minimum Gasteiger partial charge on any atom is -0.347 e. The van der Waals surface area contributed by atoms with Crippen LogP contribution >= 0.6 is 11.3 Å². The highest BCUT2D eigenvalue weighted by molar-refractivity contribution is 7.15. The third-order valence-electron chi connectivity index (χ3n) is 3.88. The predicted octanol–water partition coefficient (Wildman–Crippen LogP) is 3.66. The number of nitrogens with one attached hydrogen (secondary N) is 1. The molecule has 0 radical (unpaired) electrons. The van der Waals surface area contributed by atoms with Gasteiger partial charge in [0.05, 0.1) is 17.2 Å². The molecular formula is C18H16N4O3S. The second-order valence-corrected chi connectivity index (χ2v) is 6.79. The molecule has 26 heavy (non-hydrogen) atoms. The van der Waals surface area contributed by atoms with Crippen LogP contribution in [0.25, 0.3) is 10.6 Å². The van der Waals surface area contributed by atoms with Crippen molar-refractivity contribution in [3.63, 3.8) is 0 Å². The fourth-order valence-corrected chi connectivity index (χ4v) is 3.41. The average Bonchev–Trinajstić information content (AvgIpc) is 3.01. The van der Waals surface area contributed by atoms with Gasteiger partial charge in [-0.05, 0) is 32.0 Å². The van der Waals surface area contributed by atoms with E-state index in [9.17, 15) is 14.9 Å². The topological polar surface area (TPSA) is 98.0 Å². The third-order valence-corrected chi connectivity index (χ3v) is 5.09. The highest BCUT2D eigenvalue weighted by atomic mass is 32.1. The fourth-order valence-electron chi connectivity index (χ4n) is 2.41. The Bertz CT molecular complexity index is 970. The molecule has 2 aromatic heterocycles. The van der Waals surface area contributed by atoms with E-state index in [1.54, 1.807) is 31.5 Å². The Hall–Kier alpha value is -3.13. The lowest BCUT2D eigenvalue weighted by Gasteiger charge is -2.05. The number of amides is 1. The second kappa shape index (κ2) is 7.40. The van der Waals surface area contributed by atoms with Gasteiger partial charge in [0.2, 0.25) is 0 Å². The second-order valence-electron chi connectivity index (χ2n) is 5.71. The van der Waals surface area contributed by atoms with Gasteiger partial charge in [-0.2, -0.15) is 0 Å². The summed E-state index contributed by atoms with van der Waals surface area (Å²) in [5.41, 5.74) is 2.48. The van der Waals surface area contributed by atoms with Gasteiger partial charge in [-0.25, -0.2) is 4.98 Å². The maximum Gasteiger partial charge on any atom is 0.273 e. The molecule has 1 N–H and O–H groups in total. The summed E-state index contributed by atoms with van der Waals surface area (Å²) in [5.74, 6) is -0.358. The number of hydrogen-bond acceptors (Lipinski definition) is 6. The zero-order valence-corrected chi connectivity index (χ0v) is 15.0. The van der Waals surface area contributed by atoms with E-state index in [0.717, 1.165) is 21.1 Å². The van der Waals surface area contributed by atoms with Gasteiger partial charge in [0.1, 0.15) is 5.01 Å². The number of hydrogen-bond donors (Lipinski definition) is 1. The van der Waals surface area contributed by atoms with Crippen molar-refractivity contribution < 1.29 is 9.72 Å². The van der Waals surface area contributed by atoms with Crippen LogP contribution < -0.4 is 5.32 Å². The van der Waals surface area contributed by atoms with E-state index in [4.69, 9.17) is 0 Å². The number of pyridine rings is 1. The molecule has 0 aliphatic heterocycles. The molecular weight excluding hydrogens is 352 g/mol. The van der Waals surface area contributed by atoms with E-state index in [1.807, 2.05) is 19.1 Å². The SMILES string of the molecule is Cc1ccc(C(=O)NCc2sc(-c3cccnc3)nc2C)cc1[N+](=O)[O-]. The van der Waals surface area contributed by atoms with Crippen LogP contribution in [0.3, 0.4) is 0 Å². The normalized spacial score (nSPS) is 10.5. The summed E-state index contributed by atoms with van der Waals surface area (Å²) in [6.45, 7) is 3.83. The predicted molar refractivity (Wildman–Crippen MR) is 99.1 cm³/mol. The minimum absolute atomic E-state index is 0.0644. The van der Waals surface area contributed by atoms with Crippen molar-refractivity contribution in [2.75, 3.05) is 0 Å². The number of carbonyl (C=O) groups excluding carboxylic acids is 1. The van der Waals surface area contributed by atoms with Crippen molar-refractivity contribution in [1.82, 2.24) is 15.3 Å². The maximum absolute atomic E-state index is 12.3. The van der Waals surface area contributed by atoms with Crippen molar-refractivity contribution in [3.05, 3.63) is 74.5 Å². The summed E-state index contributed by atoms with van der Waals surface area (Å²) in [6, 6.07) is 8.23. The Balaban J connectivity index is 1.73. The molecule has 3 aromatic rings. The average molecular weight is 368 g/mol. The van der Waals surface area contributed by atoms with Crippen molar-refractivity contribution in [3.8, 4) is 10.6 Å². The van der Waals surface area contributed by atoms with Crippen LogP contribution in [0.15, 0.2) is 42.7 Å². The Morgan fingerprint density at radius 3 is 2.81 bits per heavy atom. The monoisotopic (exact) mass is 368 g/mol. The number of nitrogens with zero attached hydrogens (tertiary/aromatic N) is 3. The first kappa shape index (κ1) is 17.7. The zero-order chi connectivity index (χ0) is 18.7.